The van der Waals surface area contributed by atoms with Crippen LogP contribution in [0.2, 0.25) is 0 Å². The lowest BCUT2D eigenvalue weighted by Gasteiger charge is -2.17. The van der Waals surface area contributed by atoms with Gasteiger partial charge in [-0.15, -0.1) is 0 Å². The summed E-state index contributed by atoms with van der Waals surface area (Å²) in [6.45, 7) is 0. The molecule has 0 unspecified atom stereocenters. The van der Waals surface area contributed by atoms with Crippen LogP contribution in [0, 0.1) is 0 Å². The van der Waals surface area contributed by atoms with E-state index in [0.29, 0.717) is 5.56 Å². The van der Waals surface area contributed by atoms with Gasteiger partial charge in [-0.1, -0.05) is 54.6 Å². The molecular weight excluding hydrogens is 343 g/mol. The van der Waals surface area contributed by atoms with Crippen molar-refractivity contribution in [3.8, 4) is 39.5 Å². The predicted molar refractivity (Wildman–Crippen MR) is 93.3 cm³/mol. The minimum Gasteiger partial charge on any atom is -0.504 e. The Kier molecular flexibility index (Phi) is 4.51. The number of aromatic hydroxyl groups is 2. The first-order chi connectivity index (χ1) is 11.9. The fourth-order valence-electron chi connectivity index (χ4n) is 2.60. The highest BCUT2D eigenvalue weighted by Crippen LogP contribution is 2.49. The summed E-state index contributed by atoms with van der Waals surface area (Å²) in [6.07, 6.45) is 0. The number of para-hydroxylation sites is 1. The highest BCUT2D eigenvalue weighted by atomic mass is 31.2. The maximum Gasteiger partial charge on any atom is 0.524 e. The van der Waals surface area contributed by atoms with E-state index in [1.807, 2.05) is 30.3 Å². The Labute approximate surface area is 143 Å². The SMILES string of the molecule is O=P(O)(O)Oc1cccc(-c2ccccc2)c1-c1cccc(O)c1O. The average molecular weight is 358 g/mol. The Morgan fingerprint density at radius 3 is 2.08 bits per heavy atom. The van der Waals surface area contributed by atoms with E-state index in [4.69, 9.17) is 4.52 Å². The van der Waals surface area contributed by atoms with E-state index >= 15 is 0 Å². The van der Waals surface area contributed by atoms with Crippen molar-refractivity contribution in [1.29, 1.82) is 0 Å². The van der Waals surface area contributed by atoms with E-state index in [1.165, 1.54) is 24.3 Å². The van der Waals surface area contributed by atoms with E-state index in [9.17, 15) is 24.6 Å². The summed E-state index contributed by atoms with van der Waals surface area (Å²) in [6, 6.07) is 18.2. The van der Waals surface area contributed by atoms with Gasteiger partial charge in [0.1, 0.15) is 5.75 Å². The van der Waals surface area contributed by atoms with Crippen molar-refractivity contribution in [2.24, 2.45) is 0 Å². The van der Waals surface area contributed by atoms with E-state index in [2.05, 4.69) is 0 Å². The monoisotopic (exact) mass is 358 g/mol. The van der Waals surface area contributed by atoms with Gasteiger partial charge in [0, 0.05) is 11.1 Å². The molecule has 3 aromatic carbocycles. The van der Waals surface area contributed by atoms with Gasteiger partial charge >= 0.3 is 7.82 Å². The number of phosphoric ester groups is 1. The molecule has 0 heterocycles. The van der Waals surface area contributed by atoms with Crippen LogP contribution in [0.3, 0.4) is 0 Å². The first-order valence-corrected chi connectivity index (χ1v) is 8.85. The van der Waals surface area contributed by atoms with E-state index < -0.39 is 13.6 Å². The molecule has 0 aromatic heterocycles. The van der Waals surface area contributed by atoms with Crippen LogP contribution in [-0.2, 0) is 4.57 Å². The van der Waals surface area contributed by atoms with Crippen molar-refractivity contribution in [3.63, 3.8) is 0 Å². The van der Waals surface area contributed by atoms with Gasteiger partial charge in [0.15, 0.2) is 11.5 Å². The molecule has 25 heavy (non-hydrogen) atoms. The lowest BCUT2D eigenvalue weighted by atomic mass is 9.93. The number of hydrogen-bond acceptors (Lipinski definition) is 4. The van der Waals surface area contributed by atoms with Crippen molar-refractivity contribution in [1.82, 2.24) is 0 Å². The molecule has 0 atom stereocenters. The average Bonchev–Trinajstić information content (AvgIpc) is 2.57. The highest BCUT2D eigenvalue weighted by Gasteiger charge is 2.23. The number of phenols is 2. The summed E-state index contributed by atoms with van der Waals surface area (Å²) >= 11 is 0. The molecule has 0 aliphatic carbocycles. The minimum atomic E-state index is -4.82. The zero-order chi connectivity index (χ0) is 18.0. The normalized spacial score (nSPS) is 11.3. The van der Waals surface area contributed by atoms with Crippen LogP contribution >= 0.6 is 7.82 Å². The number of benzene rings is 3. The van der Waals surface area contributed by atoms with Crippen LogP contribution in [-0.4, -0.2) is 20.0 Å². The number of hydrogen-bond donors (Lipinski definition) is 4. The number of rotatable bonds is 4. The second kappa shape index (κ2) is 6.61. The van der Waals surface area contributed by atoms with Crippen LogP contribution in [0.15, 0.2) is 66.7 Å². The van der Waals surface area contributed by atoms with Crippen LogP contribution in [0.25, 0.3) is 22.3 Å². The summed E-state index contributed by atoms with van der Waals surface area (Å²) in [5.41, 5.74) is 1.82. The maximum absolute atomic E-state index is 11.3. The quantitative estimate of drug-likeness (QED) is 0.416. The van der Waals surface area contributed by atoms with Crippen LogP contribution < -0.4 is 4.52 Å². The van der Waals surface area contributed by atoms with Crippen molar-refractivity contribution in [2.45, 2.75) is 0 Å². The van der Waals surface area contributed by atoms with Crippen molar-refractivity contribution >= 4 is 7.82 Å². The molecule has 0 fully saturated rings. The molecule has 7 heteroatoms. The highest BCUT2D eigenvalue weighted by molar-refractivity contribution is 7.46. The summed E-state index contributed by atoms with van der Waals surface area (Å²) in [5, 5.41) is 20.0. The molecule has 128 valence electrons. The first kappa shape index (κ1) is 17.0. The van der Waals surface area contributed by atoms with Gasteiger partial charge in [-0.2, -0.15) is 0 Å². The third kappa shape index (κ3) is 3.67. The van der Waals surface area contributed by atoms with Gasteiger partial charge < -0.3 is 14.7 Å². The molecule has 6 nitrogen and oxygen atoms in total. The smallest absolute Gasteiger partial charge is 0.504 e. The van der Waals surface area contributed by atoms with Crippen molar-refractivity contribution in [3.05, 3.63) is 66.7 Å². The third-order valence-electron chi connectivity index (χ3n) is 3.61. The standard InChI is InChI=1S/C18H15O6P/c19-15-10-4-9-14(18(15)20)17-13(12-6-2-1-3-7-12)8-5-11-16(17)24-25(21,22)23/h1-11,19-20H,(H2,21,22,23). The van der Waals surface area contributed by atoms with Gasteiger partial charge in [-0.05, 0) is 23.3 Å². The minimum absolute atomic E-state index is 0.101. The maximum atomic E-state index is 11.3. The molecule has 0 spiro atoms. The molecule has 0 aliphatic rings. The topological polar surface area (TPSA) is 107 Å². The fourth-order valence-corrected chi connectivity index (χ4v) is 3.01. The molecule has 0 saturated heterocycles. The molecule has 0 aliphatic heterocycles. The lowest BCUT2D eigenvalue weighted by molar-refractivity contribution is 0.283. The zero-order valence-electron chi connectivity index (χ0n) is 12.9. The zero-order valence-corrected chi connectivity index (χ0v) is 13.8. The van der Waals surface area contributed by atoms with Crippen LogP contribution in [0.4, 0.5) is 0 Å². The van der Waals surface area contributed by atoms with Gasteiger partial charge in [-0.3, -0.25) is 9.79 Å². The van der Waals surface area contributed by atoms with E-state index in [0.717, 1.165) is 5.56 Å². The molecule has 0 radical (unpaired) electrons. The van der Waals surface area contributed by atoms with Gasteiger partial charge in [0.05, 0.1) is 0 Å². The summed E-state index contributed by atoms with van der Waals surface area (Å²) in [4.78, 5) is 18.4. The largest absolute Gasteiger partial charge is 0.524 e. The number of phosphoric acid groups is 1. The first-order valence-electron chi connectivity index (χ1n) is 7.32. The molecule has 3 aromatic rings. The molecular formula is C18H15O6P. The van der Waals surface area contributed by atoms with Crippen LogP contribution in [0.5, 0.6) is 17.2 Å². The van der Waals surface area contributed by atoms with Crippen molar-refractivity contribution < 1.29 is 29.1 Å². The predicted octanol–water partition coefficient (Wildman–Crippen LogP) is 3.90. The van der Waals surface area contributed by atoms with Crippen LogP contribution in [0.1, 0.15) is 0 Å². The second-order valence-corrected chi connectivity index (χ2v) is 6.46. The lowest BCUT2D eigenvalue weighted by Crippen LogP contribution is -1.95. The van der Waals surface area contributed by atoms with E-state index in [1.54, 1.807) is 12.1 Å². The Balaban J connectivity index is 2.32. The van der Waals surface area contributed by atoms with Gasteiger partial charge in [-0.25, -0.2) is 4.57 Å². The van der Waals surface area contributed by atoms with E-state index in [-0.39, 0.29) is 22.6 Å². The fraction of sp³-hybridized carbons (Fsp3) is 0. The Morgan fingerprint density at radius 2 is 1.40 bits per heavy atom. The van der Waals surface area contributed by atoms with Gasteiger partial charge in [0.2, 0.25) is 0 Å². The molecule has 0 saturated carbocycles. The summed E-state index contributed by atoms with van der Waals surface area (Å²) < 4.78 is 16.2. The molecule has 0 amide bonds. The molecule has 4 N–H and O–H groups in total. The summed E-state index contributed by atoms with van der Waals surface area (Å²) in [7, 11) is -4.82. The number of phenolic OH excluding ortho intramolecular Hbond substituents is 2. The van der Waals surface area contributed by atoms with Crippen molar-refractivity contribution in [2.75, 3.05) is 0 Å². The molecule has 3 rings (SSSR count). The Bertz CT molecular complexity index is 949. The summed E-state index contributed by atoms with van der Waals surface area (Å²) in [5.74, 6) is -0.848. The Morgan fingerprint density at radius 1 is 0.760 bits per heavy atom. The third-order valence-corrected chi connectivity index (χ3v) is 4.05. The molecule has 0 bridgehead atoms. The Hall–Kier alpha value is -2.79. The van der Waals surface area contributed by atoms with Gasteiger partial charge in [0.25, 0.3) is 0 Å². The second-order valence-electron chi connectivity index (χ2n) is 5.30.